The van der Waals surface area contributed by atoms with Crippen molar-refractivity contribution in [3.8, 4) is 11.8 Å². The Morgan fingerprint density at radius 1 is 1.38 bits per heavy atom. The van der Waals surface area contributed by atoms with Crippen LogP contribution in [-0.4, -0.2) is 18.5 Å². The fourth-order valence-electron chi connectivity index (χ4n) is 1.16. The second-order valence-corrected chi connectivity index (χ2v) is 3.38. The highest BCUT2D eigenvalue weighted by molar-refractivity contribution is 5.94. The highest BCUT2D eigenvalue weighted by Gasteiger charge is 2.10. The molecular weight excluding hydrogens is 200 g/mol. The molecule has 3 heteroatoms. The molecule has 1 atom stereocenters. The maximum Gasteiger partial charge on any atom is 0.241 e. The molecule has 3 nitrogen and oxygen atoms in total. The zero-order valence-electron chi connectivity index (χ0n) is 9.58. The molecule has 16 heavy (non-hydrogen) atoms. The summed E-state index contributed by atoms with van der Waals surface area (Å²) in [7, 11) is 0. The van der Waals surface area contributed by atoms with Crippen LogP contribution >= 0.6 is 0 Å². The van der Waals surface area contributed by atoms with E-state index in [0.29, 0.717) is 6.54 Å². The molecule has 0 fully saturated rings. The number of para-hydroxylation sites is 1. The summed E-state index contributed by atoms with van der Waals surface area (Å²) in [5.74, 6) is 5.57. The fourth-order valence-corrected chi connectivity index (χ4v) is 1.16. The first-order chi connectivity index (χ1) is 7.74. The predicted octanol–water partition coefficient (Wildman–Crippen LogP) is 1.63. The number of rotatable bonds is 4. The van der Waals surface area contributed by atoms with Gasteiger partial charge in [-0.1, -0.05) is 24.1 Å². The molecular formula is C13H16N2O. The van der Waals surface area contributed by atoms with E-state index in [1.54, 1.807) is 6.92 Å². The zero-order chi connectivity index (χ0) is 11.8. The van der Waals surface area contributed by atoms with Gasteiger partial charge >= 0.3 is 0 Å². The molecule has 0 aliphatic rings. The van der Waals surface area contributed by atoms with Gasteiger partial charge in [0.05, 0.1) is 12.6 Å². The average molecular weight is 216 g/mol. The molecule has 84 valence electrons. The van der Waals surface area contributed by atoms with Crippen LogP contribution in [0.15, 0.2) is 30.3 Å². The van der Waals surface area contributed by atoms with Gasteiger partial charge in [-0.3, -0.25) is 10.1 Å². The van der Waals surface area contributed by atoms with E-state index in [4.69, 9.17) is 0 Å². The Morgan fingerprint density at radius 3 is 2.69 bits per heavy atom. The Labute approximate surface area is 96.2 Å². The Morgan fingerprint density at radius 2 is 2.06 bits per heavy atom. The van der Waals surface area contributed by atoms with Crippen molar-refractivity contribution in [2.45, 2.75) is 19.9 Å². The van der Waals surface area contributed by atoms with Crippen LogP contribution in [0.3, 0.4) is 0 Å². The molecule has 0 aromatic heterocycles. The normalized spacial score (nSPS) is 11.1. The van der Waals surface area contributed by atoms with E-state index >= 15 is 0 Å². The van der Waals surface area contributed by atoms with E-state index in [1.165, 1.54) is 0 Å². The highest BCUT2D eigenvalue weighted by Crippen LogP contribution is 2.05. The molecule has 2 N–H and O–H groups in total. The highest BCUT2D eigenvalue weighted by atomic mass is 16.2. The minimum absolute atomic E-state index is 0.0518. The lowest BCUT2D eigenvalue weighted by atomic mass is 10.2. The van der Waals surface area contributed by atoms with Crippen LogP contribution in [0.25, 0.3) is 0 Å². The lowest BCUT2D eigenvalue weighted by molar-refractivity contribution is -0.117. The largest absolute Gasteiger partial charge is 0.325 e. The second kappa shape index (κ2) is 6.65. The van der Waals surface area contributed by atoms with Gasteiger partial charge in [0.2, 0.25) is 5.91 Å². The Bertz CT molecular complexity index is 389. The van der Waals surface area contributed by atoms with Crippen molar-refractivity contribution in [1.29, 1.82) is 0 Å². The molecule has 0 heterocycles. The van der Waals surface area contributed by atoms with Gasteiger partial charge < -0.3 is 5.32 Å². The van der Waals surface area contributed by atoms with Crippen LogP contribution in [0, 0.1) is 11.8 Å². The number of amides is 1. The Kier molecular flexibility index (Phi) is 5.10. The van der Waals surface area contributed by atoms with Crippen molar-refractivity contribution < 1.29 is 4.79 Å². The predicted molar refractivity (Wildman–Crippen MR) is 66.0 cm³/mol. The summed E-state index contributed by atoms with van der Waals surface area (Å²) in [4.78, 5) is 11.7. The summed E-state index contributed by atoms with van der Waals surface area (Å²) in [5.41, 5.74) is 0.808. The van der Waals surface area contributed by atoms with Crippen LogP contribution in [0.1, 0.15) is 13.8 Å². The first kappa shape index (κ1) is 12.3. The summed E-state index contributed by atoms with van der Waals surface area (Å²) >= 11 is 0. The lowest BCUT2D eigenvalue weighted by Gasteiger charge is -2.12. The molecule has 0 bridgehead atoms. The third-order valence-corrected chi connectivity index (χ3v) is 2.11. The van der Waals surface area contributed by atoms with Gasteiger partial charge in [0.1, 0.15) is 0 Å². The van der Waals surface area contributed by atoms with Gasteiger partial charge in [0.25, 0.3) is 0 Å². The van der Waals surface area contributed by atoms with Gasteiger partial charge in [-0.25, -0.2) is 0 Å². The fraction of sp³-hybridized carbons (Fsp3) is 0.308. The molecule has 0 radical (unpaired) electrons. The van der Waals surface area contributed by atoms with Gasteiger partial charge in [0.15, 0.2) is 0 Å². The van der Waals surface area contributed by atoms with E-state index < -0.39 is 0 Å². The summed E-state index contributed by atoms with van der Waals surface area (Å²) in [6.45, 7) is 4.12. The summed E-state index contributed by atoms with van der Waals surface area (Å²) in [5, 5.41) is 5.84. The molecule has 0 spiro atoms. The van der Waals surface area contributed by atoms with Gasteiger partial charge in [0, 0.05) is 5.69 Å². The number of hydrogen-bond acceptors (Lipinski definition) is 2. The molecule has 0 saturated carbocycles. The van der Waals surface area contributed by atoms with Crippen LogP contribution in [-0.2, 0) is 4.79 Å². The molecule has 0 saturated heterocycles. The summed E-state index contributed by atoms with van der Waals surface area (Å²) in [6.07, 6.45) is 0. The molecule has 1 amide bonds. The molecule has 1 unspecified atom stereocenters. The lowest BCUT2D eigenvalue weighted by Crippen LogP contribution is -2.38. The van der Waals surface area contributed by atoms with Crippen LogP contribution < -0.4 is 10.6 Å². The van der Waals surface area contributed by atoms with Crippen molar-refractivity contribution in [1.82, 2.24) is 5.32 Å². The van der Waals surface area contributed by atoms with Crippen LogP contribution in [0.4, 0.5) is 5.69 Å². The van der Waals surface area contributed by atoms with Crippen LogP contribution in [0.2, 0.25) is 0 Å². The number of hydrogen-bond donors (Lipinski definition) is 2. The van der Waals surface area contributed by atoms with E-state index in [2.05, 4.69) is 22.5 Å². The van der Waals surface area contributed by atoms with E-state index in [0.717, 1.165) is 5.69 Å². The SMILES string of the molecule is CC#CCNC(C)C(=O)Nc1ccccc1. The van der Waals surface area contributed by atoms with Crippen molar-refractivity contribution >= 4 is 11.6 Å². The zero-order valence-corrected chi connectivity index (χ0v) is 9.58. The third-order valence-electron chi connectivity index (χ3n) is 2.11. The number of anilines is 1. The summed E-state index contributed by atoms with van der Waals surface area (Å²) < 4.78 is 0. The average Bonchev–Trinajstić information content (AvgIpc) is 2.30. The van der Waals surface area contributed by atoms with Crippen LogP contribution in [0.5, 0.6) is 0 Å². The topological polar surface area (TPSA) is 41.1 Å². The number of carbonyl (C=O) groups excluding carboxylic acids is 1. The quantitative estimate of drug-likeness (QED) is 0.751. The monoisotopic (exact) mass is 216 g/mol. The molecule has 1 aromatic rings. The maximum atomic E-state index is 11.7. The molecule has 1 aromatic carbocycles. The van der Waals surface area contributed by atoms with E-state index in [-0.39, 0.29) is 11.9 Å². The maximum absolute atomic E-state index is 11.7. The molecule has 0 aliphatic carbocycles. The standard InChI is InChI=1S/C13H16N2O/c1-3-4-10-14-11(2)13(16)15-12-8-6-5-7-9-12/h5-9,11,14H,10H2,1-2H3,(H,15,16). The van der Waals surface area contributed by atoms with Crippen molar-refractivity contribution in [2.24, 2.45) is 0 Å². The van der Waals surface area contributed by atoms with E-state index in [9.17, 15) is 4.79 Å². The number of nitrogens with one attached hydrogen (secondary N) is 2. The molecule has 1 rings (SSSR count). The van der Waals surface area contributed by atoms with Crippen molar-refractivity contribution in [3.05, 3.63) is 30.3 Å². The minimum Gasteiger partial charge on any atom is -0.325 e. The van der Waals surface area contributed by atoms with Gasteiger partial charge in [-0.15, -0.1) is 5.92 Å². The third kappa shape index (κ3) is 4.16. The Hall–Kier alpha value is -1.79. The summed E-state index contributed by atoms with van der Waals surface area (Å²) in [6, 6.07) is 9.15. The van der Waals surface area contributed by atoms with Crippen molar-refractivity contribution in [2.75, 3.05) is 11.9 Å². The van der Waals surface area contributed by atoms with E-state index in [1.807, 2.05) is 37.3 Å². The first-order valence-corrected chi connectivity index (χ1v) is 5.23. The van der Waals surface area contributed by atoms with Gasteiger partial charge in [-0.05, 0) is 26.0 Å². The first-order valence-electron chi connectivity index (χ1n) is 5.23. The minimum atomic E-state index is -0.249. The number of benzene rings is 1. The second-order valence-electron chi connectivity index (χ2n) is 3.38. The number of carbonyl (C=O) groups is 1. The Balaban J connectivity index is 2.42. The van der Waals surface area contributed by atoms with Crippen molar-refractivity contribution in [3.63, 3.8) is 0 Å². The van der Waals surface area contributed by atoms with Gasteiger partial charge in [-0.2, -0.15) is 0 Å². The smallest absolute Gasteiger partial charge is 0.241 e. The molecule has 0 aliphatic heterocycles.